The monoisotopic (exact) mass is 1030 g/mol. The smallest absolute Gasteiger partial charge is 0.320 e. The largest absolute Gasteiger partial charge is 0.463 e. The molecule has 394 valence electrons. The number of likely N-dealkylation sites (tertiary alicyclic amines) is 1. The third kappa shape index (κ3) is 16.6. The topological polar surface area (TPSA) is 213 Å². The Morgan fingerprint density at radius 3 is 2.28 bits per heavy atom. The number of carbonyl (C=O) groups excluding carboxylic acids is 4. The van der Waals surface area contributed by atoms with Crippen LogP contribution < -0.4 is 31.0 Å². The number of aliphatic hydroxyl groups excluding tert-OH is 1. The fourth-order valence-corrected chi connectivity index (χ4v) is 9.75. The zero-order valence-corrected chi connectivity index (χ0v) is 44.2. The van der Waals surface area contributed by atoms with E-state index in [1.165, 1.54) is 4.90 Å². The van der Waals surface area contributed by atoms with Crippen molar-refractivity contribution in [1.82, 2.24) is 30.5 Å². The number of hydrogen-bond donors (Lipinski definition) is 5. The predicted octanol–water partition coefficient (Wildman–Crippen LogP) is 7.99. The van der Waals surface area contributed by atoms with Crippen LogP contribution in [0, 0.1) is 19.3 Å². The maximum Gasteiger partial charge on any atom is 0.320 e. The zero-order chi connectivity index (χ0) is 52.5. The van der Waals surface area contributed by atoms with Crippen LogP contribution in [0.1, 0.15) is 107 Å². The van der Waals surface area contributed by atoms with Crippen LogP contribution in [-0.2, 0) is 36.9 Å². The van der Waals surface area contributed by atoms with Crippen LogP contribution in [0.2, 0.25) is 0 Å². The second kappa shape index (κ2) is 27.0. The van der Waals surface area contributed by atoms with E-state index in [0.29, 0.717) is 44.9 Å². The first-order chi connectivity index (χ1) is 35.7. The van der Waals surface area contributed by atoms with E-state index >= 15 is 0 Å². The van der Waals surface area contributed by atoms with Gasteiger partial charge in [0.05, 0.1) is 48.2 Å². The first-order valence-electron chi connectivity index (χ1n) is 25.8. The molecule has 0 unspecified atom stereocenters. The third-order valence-corrected chi connectivity index (χ3v) is 14.1. The Morgan fingerprint density at radius 1 is 0.892 bits per heavy atom. The van der Waals surface area contributed by atoms with Crippen LogP contribution in [0.5, 0.6) is 6.01 Å². The number of nitrogens with one attached hydrogen (secondary N) is 4. The summed E-state index contributed by atoms with van der Waals surface area (Å²) in [5.74, 6) is 0.283. The van der Waals surface area contributed by atoms with E-state index in [9.17, 15) is 24.3 Å². The Bertz CT molecular complexity index is 2670. The minimum absolute atomic E-state index is 0.0191. The number of aryl methyl sites for hydroxylation is 2. The number of hydrogen-bond acceptors (Lipinski definition) is 14. The Kier molecular flexibility index (Phi) is 20.0. The molecular weight excluding hydrogens is 957 g/mol. The van der Waals surface area contributed by atoms with Crippen molar-refractivity contribution in [2.75, 3.05) is 55.1 Å². The van der Waals surface area contributed by atoms with Crippen LogP contribution in [0.25, 0.3) is 10.4 Å². The van der Waals surface area contributed by atoms with Crippen LogP contribution in [0.4, 0.5) is 17.3 Å². The maximum atomic E-state index is 14.0. The van der Waals surface area contributed by atoms with Crippen molar-refractivity contribution >= 4 is 58.5 Å². The lowest BCUT2D eigenvalue weighted by Crippen LogP contribution is -2.57. The molecule has 5 N–H and O–H groups in total. The molecule has 3 atom stereocenters. The number of anilines is 3. The Morgan fingerprint density at radius 2 is 1.59 bits per heavy atom. The molecule has 4 heterocycles. The second-order valence-corrected chi connectivity index (χ2v) is 21.0. The lowest BCUT2D eigenvalue weighted by atomic mass is 9.85. The van der Waals surface area contributed by atoms with E-state index < -0.39 is 23.6 Å². The first kappa shape index (κ1) is 55.0. The number of morpholine rings is 1. The van der Waals surface area contributed by atoms with Crippen molar-refractivity contribution in [1.29, 1.82) is 0 Å². The van der Waals surface area contributed by atoms with Gasteiger partial charge in [-0.15, -0.1) is 11.3 Å². The van der Waals surface area contributed by atoms with Gasteiger partial charge < -0.3 is 40.3 Å². The Hall–Kier alpha value is -6.76. The molecule has 7 rings (SSSR count). The van der Waals surface area contributed by atoms with Gasteiger partial charge in [0.1, 0.15) is 17.9 Å². The lowest BCUT2D eigenvalue weighted by molar-refractivity contribution is -0.144. The van der Waals surface area contributed by atoms with Crippen LogP contribution in [0.15, 0.2) is 89.5 Å². The van der Waals surface area contributed by atoms with Crippen molar-refractivity contribution in [2.45, 2.75) is 124 Å². The van der Waals surface area contributed by atoms with Gasteiger partial charge in [-0.3, -0.25) is 24.6 Å². The molecule has 3 aromatic carbocycles. The van der Waals surface area contributed by atoms with Gasteiger partial charge in [0.2, 0.25) is 23.6 Å². The average Bonchev–Trinajstić information content (AvgIpc) is 4.01. The summed E-state index contributed by atoms with van der Waals surface area (Å²) < 4.78 is 11.6. The number of benzene rings is 3. The lowest BCUT2D eigenvalue weighted by Gasteiger charge is -2.35. The van der Waals surface area contributed by atoms with Crippen molar-refractivity contribution < 1.29 is 33.8 Å². The quantitative estimate of drug-likeness (QED) is 0.0226. The fraction of sp³-hybridized carbons (Fsp3) is 0.464. The van der Waals surface area contributed by atoms with Gasteiger partial charge in [0.25, 0.3) is 0 Å². The first-order valence-corrected chi connectivity index (χ1v) is 26.7. The molecule has 0 radical (unpaired) electrons. The summed E-state index contributed by atoms with van der Waals surface area (Å²) in [5, 5.41) is 23.9. The van der Waals surface area contributed by atoms with Crippen molar-refractivity contribution in [3.8, 4) is 16.5 Å². The summed E-state index contributed by atoms with van der Waals surface area (Å²) in [6, 6.07) is 24.1. The summed E-state index contributed by atoms with van der Waals surface area (Å²) >= 11 is 1.58. The van der Waals surface area contributed by atoms with Crippen LogP contribution >= 0.6 is 11.3 Å². The van der Waals surface area contributed by atoms with Gasteiger partial charge in [-0.1, -0.05) is 113 Å². The van der Waals surface area contributed by atoms with Crippen molar-refractivity contribution in [3.63, 3.8) is 0 Å². The fourth-order valence-electron chi connectivity index (χ4n) is 8.94. The number of carbonyl (C=O) groups is 4. The molecule has 74 heavy (non-hydrogen) atoms. The van der Waals surface area contributed by atoms with Gasteiger partial charge in [0, 0.05) is 63.6 Å². The molecule has 18 heteroatoms. The molecule has 2 aromatic heterocycles. The molecular formula is C56H72N10O7S. The highest BCUT2D eigenvalue weighted by Crippen LogP contribution is 2.29. The van der Waals surface area contributed by atoms with Gasteiger partial charge in [-0.25, -0.2) is 4.98 Å². The number of aliphatic hydroxyl groups is 1. The zero-order valence-electron chi connectivity index (χ0n) is 43.4. The van der Waals surface area contributed by atoms with E-state index in [2.05, 4.69) is 52.4 Å². The van der Waals surface area contributed by atoms with E-state index in [4.69, 9.17) is 9.47 Å². The molecule has 0 spiro atoms. The van der Waals surface area contributed by atoms with Gasteiger partial charge >= 0.3 is 6.01 Å². The van der Waals surface area contributed by atoms with Gasteiger partial charge in [-0.05, 0) is 66.5 Å². The third-order valence-electron chi connectivity index (χ3n) is 13.1. The molecule has 0 aliphatic carbocycles. The molecule has 2 aliphatic heterocycles. The second-order valence-electron chi connectivity index (χ2n) is 20.2. The summed E-state index contributed by atoms with van der Waals surface area (Å²) in [5.41, 5.74) is 11.1. The standard InChI is InChI=1S/C56H72N10O7S/c1-38-13-12-14-42(31-38)35-59-64-47-33-48(65-26-29-72-30-27-65)62-55(61-47)73-28-25-40-19-23-44(24-20-40)60-49(68)15-10-8-6-7-9-11-16-50(69)63-52(56(3,4)5)54(71)66-36-45(67)32-46(66)53(70)57-34-41-17-21-43(22-18-41)51-39(2)58-37-74-51/h12-14,17-24,31,33,35,37,45-46,52,67H,6-11,15-16,25-30,32,34,36H2,1-5H3,(H,57,70)(H,60,68)(H,63,69)(H,61,62,64)/b59-35+/t45-,46+,52-/m1/s1. The number of rotatable bonds is 24. The highest BCUT2D eigenvalue weighted by Gasteiger charge is 2.44. The summed E-state index contributed by atoms with van der Waals surface area (Å²) in [6.07, 6.45) is 7.35. The molecule has 4 amide bonds. The minimum atomic E-state index is -0.873. The Balaban J connectivity index is 0.768. The summed E-state index contributed by atoms with van der Waals surface area (Å²) in [6.45, 7) is 13.0. The molecule has 0 saturated carbocycles. The Labute approximate surface area is 439 Å². The number of ether oxygens (including phenoxy) is 2. The molecule has 2 saturated heterocycles. The predicted molar refractivity (Wildman–Crippen MR) is 290 cm³/mol. The van der Waals surface area contributed by atoms with E-state index in [-0.39, 0.29) is 55.6 Å². The average molecular weight is 1030 g/mol. The van der Waals surface area contributed by atoms with Crippen LogP contribution in [-0.4, -0.2) is 112 Å². The normalized spacial score (nSPS) is 16.2. The van der Waals surface area contributed by atoms with Crippen molar-refractivity contribution in [2.24, 2.45) is 10.5 Å². The number of amides is 4. The SMILES string of the molecule is Cc1cccc(/C=N/Nc2cc(N3CCOCC3)nc(OCCc3ccc(NC(=O)CCCCCCCCC(=O)N[C@H](C(=O)N4C[C@H](O)C[C@H]4C(=O)NCc4ccc(-c5scnc5C)cc4)C(C)(C)C)cc3)n2)c1. The summed E-state index contributed by atoms with van der Waals surface area (Å²) in [4.78, 5) is 71.7. The molecule has 2 fully saturated rings. The maximum absolute atomic E-state index is 14.0. The minimum Gasteiger partial charge on any atom is -0.463 e. The van der Waals surface area contributed by atoms with Crippen LogP contribution in [0.3, 0.4) is 0 Å². The number of unbranched alkanes of at least 4 members (excludes halogenated alkanes) is 5. The molecule has 0 bridgehead atoms. The van der Waals surface area contributed by atoms with Crippen molar-refractivity contribution in [3.05, 3.63) is 112 Å². The van der Waals surface area contributed by atoms with E-state index in [1.807, 2.05) is 113 Å². The number of thiazole rings is 1. The van der Waals surface area contributed by atoms with Gasteiger partial charge in [0.15, 0.2) is 5.82 Å². The van der Waals surface area contributed by atoms with E-state index in [0.717, 1.165) is 95.1 Å². The number of aromatic nitrogens is 3. The molecule has 5 aromatic rings. The molecule has 2 aliphatic rings. The number of nitrogens with zero attached hydrogens (tertiary/aromatic N) is 6. The summed E-state index contributed by atoms with van der Waals surface area (Å²) in [7, 11) is 0. The molecule has 17 nitrogen and oxygen atoms in total. The van der Waals surface area contributed by atoms with E-state index in [1.54, 1.807) is 17.6 Å². The number of β-amino-alcohol motifs (C(OH)–C–C–N with tert-alkyl or cyclic N) is 1. The highest BCUT2D eigenvalue weighted by atomic mass is 32.1. The van der Waals surface area contributed by atoms with Gasteiger partial charge in [-0.2, -0.15) is 15.1 Å². The number of hydrazone groups is 1. The highest BCUT2D eigenvalue weighted by molar-refractivity contribution is 7.13.